The molecular weight excluding hydrogens is 244 g/mol. The fourth-order valence-electron chi connectivity index (χ4n) is 1.61. The number of nitrogens with zero attached hydrogens (tertiary/aromatic N) is 2. The van der Waals surface area contributed by atoms with Gasteiger partial charge < -0.3 is 14.9 Å². The van der Waals surface area contributed by atoms with Gasteiger partial charge in [-0.1, -0.05) is 6.07 Å². The van der Waals surface area contributed by atoms with E-state index in [9.17, 15) is 0 Å². The quantitative estimate of drug-likeness (QED) is 0.647. The van der Waals surface area contributed by atoms with Crippen molar-refractivity contribution in [3.05, 3.63) is 35.7 Å². The third-order valence-electron chi connectivity index (χ3n) is 2.80. The van der Waals surface area contributed by atoms with Gasteiger partial charge in [0, 0.05) is 0 Å². The molecule has 0 unspecified atom stereocenters. The molecule has 1 aromatic carbocycles. The number of hydrogen-bond donors (Lipinski definition) is 2. The molecule has 2 rings (SSSR count). The maximum absolute atomic E-state index is 5.71. The third kappa shape index (κ3) is 2.74. The van der Waals surface area contributed by atoms with Gasteiger partial charge in [0.2, 0.25) is 5.75 Å². The van der Waals surface area contributed by atoms with E-state index in [1.165, 1.54) is 19.0 Å². The number of aryl methyl sites for hydroxylation is 2. The van der Waals surface area contributed by atoms with Gasteiger partial charge in [0.25, 0.3) is 5.88 Å². The highest BCUT2D eigenvalue weighted by atomic mass is 16.5. The van der Waals surface area contributed by atoms with E-state index in [1.807, 2.05) is 32.0 Å². The number of benzene rings is 1. The summed E-state index contributed by atoms with van der Waals surface area (Å²) in [5.74, 6) is 7.09. The van der Waals surface area contributed by atoms with E-state index in [0.717, 1.165) is 5.56 Å². The standard InChI is InChI=1S/C13H16N4O2/c1-8-4-5-10(6-9(8)2)19-13-11(18-3)12(17-14)15-7-16-13/h4-7H,14H2,1-3H3,(H,15,16,17). The number of hydrogen-bond acceptors (Lipinski definition) is 6. The second-order valence-electron chi connectivity index (χ2n) is 4.05. The van der Waals surface area contributed by atoms with Crippen molar-refractivity contribution < 1.29 is 9.47 Å². The average molecular weight is 260 g/mol. The van der Waals surface area contributed by atoms with Crippen molar-refractivity contribution in [3.63, 3.8) is 0 Å². The SMILES string of the molecule is COc1c(NN)ncnc1Oc1ccc(C)c(C)c1. The summed E-state index contributed by atoms with van der Waals surface area (Å²) in [7, 11) is 1.51. The summed E-state index contributed by atoms with van der Waals surface area (Å²) < 4.78 is 10.9. The molecule has 6 nitrogen and oxygen atoms in total. The number of anilines is 1. The van der Waals surface area contributed by atoms with E-state index >= 15 is 0 Å². The number of ether oxygens (including phenoxy) is 2. The average Bonchev–Trinajstić information content (AvgIpc) is 2.42. The Morgan fingerprint density at radius 3 is 2.58 bits per heavy atom. The molecule has 19 heavy (non-hydrogen) atoms. The van der Waals surface area contributed by atoms with Crippen LogP contribution in [0.4, 0.5) is 5.82 Å². The first-order valence-corrected chi connectivity index (χ1v) is 5.76. The zero-order valence-electron chi connectivity index (χ0n) is 11.1. The molecule has 0 fully saturated rings. The van der Waals surface area contributed by atoms with Crippen molar-refractivity contribution in [2.24, 2.45) is 5.84 Å². The predicted octanol–water partition coefficient (Wildman–Crippen LogP) is 2.18. The van der Waals surface area contributed by atoms with Crippen LogP contribution in [0.1, 0.15) is 11.1 Å². The fourth-order valence-corrected chi connectivity index (χ4v) is 1.61. The molecule has 2 aromatic rings. The van der Waals surface area contributed by atoms with Gasteiger partial charge in [-0.3, -0.25) is 0 Å². The van der Waals surface area contributed by atoms with Crippen LogP contribution in [-0.4, -0.2) is 17.1 Å². The third-order valence-corrected chi connectivity index (χ3v) is 2.80. The van der Waals surface area contributed by atoms with Crippen LogP contribution < -0.4 is 20.7 Å². The summed E-state index contributed by atoms with van der Waals surface area (Å²) in [6, 6.07) is 5.80. The van der Waals surface area contributed by atoms with Gasteiger partial charge in [-0.2, -0.15) is 4.98 Å². The largest absolute Gasteiger partial charge is 0.489 e. The Hall–Kier alpha value is -2.34. The molecule has 0 amide bonds. The van der Waals surface area contributed by atoms with Crippen molar-refractivity contribution in [2.45, 2.75) is 13.8 Å². The van der Waals surface area contributed by atoms with E-state index in [1.54, 1.807) is 0 Å². The molecular formula is C13H16N4O2. The maximum Gasteiger partial charge on any atom is 0.268 e. The lowest BCUT2D eigenvalue weighted by Gasteiger charge is -2.12. The van der Waals surface area contributed by atoms with Gasteiger partial charge in [-0.05, 0) is 37.1 Å². The smallest absolute Gasteiger partial charge is 0.268 e. The van der Waals surface area contributed by atoms with E-state index in [2.05, 4.69) is 15.4 Å². The first-order chi connectivity index (χ1) is 9.15. The topological polar surface area (TPSA) is 82.3 Å². The molecule has 6 heteroatoms. The number of methoxy groups -OCH3 is 1. The van der Waals surface area contributed by atoms with Gasteiger partial charge >= 0.3 is 0 Å². The molecule has 0 saturated carbocycles. The van der Waals surface area contributed by atoms with E-state index in [4.69, 9.17) is 15.3 Å². The van der Waals surface area contributed by atoms with Crippen LogP contribution in [0.3, 0.4) is 0 Å². The Labute approximate surface area is 111 Å². The molecule has 0 aliphatic heterocycles. The summed E-state index contributed by atoms with van der Waals surface area (Å²) in [6.07, 6.45) is 1.36. The first kappa shape index (κ1) is 13.1. The zero-order valence-corrected chi connectivity index (χ0v) is 11.1. The summed E-state index contributed by atoms with van der Waals surface area (Å²) in [5, 5.41) is 0. The first-order valence-electron chi connectivity index (χ1n) is 5.76. The van der Waals surface area contributed by atoms with Crippen molar-refractivity contribution in [1.82, 2.24) is 9.97 Å². The Balaban J connectivity index is 2.35. The van der Waals surface area contributed by atoms with Crippen LogP contribution in [0.15, 0.2) is 24.5 Å². The number of nitrogens with two attached hydrogens (primary N) is 1. The summed E-state index contributed by atoms with van der Waals surface area (Å²) >= 11 is 0. The van der Waals surface area contributed by atoms with Crippen LogP contribution in [0.5, 0.6) is 17.4 Å². The van der Waals surface area contributed by atoms with Crippen molar-refractivity contribution in [1.29, 1.82) is 0 Å². The molecule has 0 radical (unpaired) electrons. The number of rotatable bonds is 4. The molecule has 0 aliphatic rings. The van der Waals surface area contributed by atoms with Crippen LogP contribution in [0.2, 0.25) is 0 Å². The van der Waals surface area contributed by atoms with Gasteiger partial charge in [0.15, 0.2) is 5.82 Å². The van der Waals surface area contributed by atoms with Gasteiger partial charge in [0.05, 0.1) is 7.11 Å². The van der Waals surface area contributed by atoms with Gasteiger partial charge in [-0.25, -0.2) is 10.8 Å². The Morgan fingerprint density at radius 1 is 1.16 bits per heavy atom. The normalized spacial score (nSPS) is 10.1. The van der Waals surface area contributed by atoms with Gasteiger partial charge in [-0.15, -0.1) is 0 Å². The minimum atomic E-state index is 0.314. The maximum atomic E-state index is 5.71. The molecule has 0 saturated heterocycles. The molecule has 0 bridgehead atoms. The highest BCUT2D eigenvalue weighted by Gasteiger charge is 2.13. The number of nitrogens with one attached hydrogen (secondary N) is 1. The lowest BCUT2D eigenvalue weighted by Crippen LogP contribution is -2.11. The Bertz CT molecular complexity index is 587. The minimum Gasteiger partial charge on any atom is -0.489 e. The molecule has 1 heterocycles. The van der Waals surface area contributed by atoms with Gasteiger partial charge in [0.1, 0.15) is 12.1 Å². The molecule has 3 N–H and O–H groups in total. The van der Waals surface area contributed by atoms with E-state index < -0.39 is 0 Å². The van der Waals surface area contributed by atoms with E-state index in [0.29, 0.717) is 23.2 Å². The van der Waals surface area contributed by atoms with Crippen LogP contribution in [0, 0.1) is 13.8 Å². The summed E-state index contributed by atoms with van der Waals surface area (Å²) in [6.45, 7) is 4.06. The lowest BCUT2D eigenvalue weighted by molar-refractivity contribution is 0.369. The fraction of sp³-hybridized carbons (Fsp3) is 0.231. The molecule has 1 aromatic heterocycles. The Kier molecular flexibility index (Phi) is 3.82. The van der Waals surface area contributed by atoms with Crippen LogP contribution in [-0.2, 0) is 0 Å². The summed E-state index contributed by atoms with van der Waals surface area (Å²) in [5.41, 5.74) is 4.78. The number of aromatic nitrogens is 2. The number of nitrogen functional groups attached to an aromatic ring is 1. The van der Waals surface area contributed by atoms with Crippen LogP contribution in [0.25, 0.3) is 0 Å². The second-order valence-corrected chi connectivity index (χ2v) is 4.05. The monoisotopic (exact) mass is 260 g/mol. The minimum absolute atomic E-state index is 0.314. The molecule has 100 valence electrons. The van der Waals surface area contributed by atoms with Crippen molar-refractivity contribution in [2.75, 3.05) is 12.5 Å². The highest BCUT2D eigenvalue weighted by molar-refractivity contribution is 5.55. The lowest BCUT2D eigenvalue weighted by atomic mass is 10.1. The molecule has 0 aliphatic carbocycles. The zero-order chi connectivity index (χ0) is 13.8. The number of hydrazine groups is 1. The van der Waals surface area contributed by atoms with E-state index in [-0.39, 0.29) is 0 Å². The van der Waals surface area contributed by atoms with Crippen LogP contribution >= 0.6 is 0 Å². The molecule has 0 atom stereocenters. The second kappa shape index (κ2) is 5.53. The van der Waals surface area contributed by atoms with Crippen molar-refractivity contribution >= 4 is 5.82 Å². The summed E-state index contributed by atoms with van der Waals surface area (Å²) in [4.78, 5) is 8.00. The van der Waals surface area contributed by atoms with Crippen molar-refractivity contribution in [3.8, 4) is 17.4 Å². The highest BCUT2D eigenvalue weighted by Crippen LogP contribution is 2.33. The molecule has 0 spiro atoms. The predicted molar refractivity (Wildman–Crippen MR) is 72.4 cm³/mol. The Morgan fingerprint density at radius 2 is 1.95 bits per heavy atom.